The summed E-state index contributed by atoms with van der Waals surface area (Å²) in [6, 6.07) is 18.9. The van der Waals surface area contributed by atoms with Crippen molar-refractivity contribution >= 4 is 11.8 Å². The average Bonchev–Trinajstić information content (AvgIpc) is 2.48. The number of unbranched alkanes of at least 4 members (excludes halogenated alkanes) is 1. The van der Waals surface area contributed by atoms with Gasteiger partial charge in [0.1, 0.15) is 0 Å². The molecule has 1 unspecified atom stereocenters. The molecule has 1 nitrogen and oxygen atoms in total. The van der Waals surface area contributed by atoms with E-state index in [0.717, 1.165) is 17.7 Å². The maximum absolute atomic E-state index is 9.57. The molecule has 0 aliphatic carbocycles. The third-order valence-electron chi connectivity index (χ3n) is 3.31. The van der Waals surface area contributed by atoms with Crippen molar-refractivity contribution in [3.05, 3.63) is 65.7 Å². The zero-order valence-corrected chi connectivity index (χ0v) is 12.8. The van der Waals surface area contributed by atoms with E-state index in [1.807, 2.05) is 30.8 Å². The molecule has 0 heterocycles. The number of aliphatic hydroxyl groups excluding tert-OH is 1. The van der Waals surface area contributed by atoms with Crippen LogP contribution in [0.5, 0.6) is 0 Å². The maximum Gasteiger partial charge on any atom is 0.0762 e. The summed E-state index contributed by atoms with van der Waals surface area (Å²) in [4.78, 5) is 1.25. The van der Waals surface area contributed by atoms with Crippen molar-refractivity contribution in [3.63, 3.8) is 0 Å². The van der Waals surface area contributed by atoms with E-state index in [2.05, 4.69) is 42.5 Å². The van der Waals surface area contributed by atoms with E-state index in [1.54, 1.807) is 0 Å². The molecular formula is C18H22OS. The molecule has 0 spiro atoms. The van der Waals surface area contributed by atoms with Crippen molar-refractivity contribution in [2.24, 2.45) is 0 Å². The number of hydrogen-bond donors (Lipinski definition) is 1. The second-order valence-electron chi connectivity index (χ2n) is 5.04. The Labute approximate surface area is 126 Å². The van der Waals surface area contributed by atoms with Gasteiger partial charge < -0.3 is 5.11 Å². The molecule has 2 aromatic carbocycles. The van der Waals surface area contributed by atoms with Gasteiger partial charge in [0.15, 0.2) is 0 Å². The highest BCUT2D eigenvalue weighted by Gasteiger charge is 2.02. The van der Waals surface area contributed by atoms with Crippen LogP contribution in [0.15, 0.2) is 59.5 Å². The molecule has 2 heteroatoms. The minimum absolute atomic E-state index is 0.381. The van der Waals surface area contributed by atoms with Crippen LogP contribution in [0.25, 0.3) is 0 Å². The van der Waals surface area contributed by atoms with Crippen LogP contribution < -0.4 is 0 Å². The normalized spacial score (nSPS) is 12.3. The Morgan fingerprint density at radius 2 is 1.80 bits per heavy atom. The number of rotatable bonds is 7. The van der Waals surface area contributed by atoms with E-state index >= 15 is 0 Å². The summed E-state index contributed by atoms with van der Waals surface area (Å²) in [5, 5.41) is 9.57. The molecule has 1 atom stereocenters. The summed E-state index contributed by atoms with van der Waals surface area (Å²) >= 11 is 1.88. The van der Waals surface area contributed by atoms with Gasteiger partial charge in [0.2, 0.25) is 0 Å². The SMILES string of the molecule is CC(O)c1cccc(SCCCCc2ccccc2)c1. The van der Waals surface area contributed by atoms with E-state index in [0.29, 0.717) is 0 Å². The zero-order valence-electron chi connectivity index (χ0n) is 12.0. The Kier molecular flexibility index (Phi) is 6.16. The molecule has 20 heavy (non-hydrogen) atoms. The second kappa shape index (κ2) is 8.13. The van der Waals surface area contributed by atoms with E-state index in [1.165, 1.54) is 23.3 Å². The van der Waals surface area contributed by atoms with Crippen molar-refractivity contribution in [2.75, 3.05) is 5.75 Å². The van der Waals surface area contributed by atoms with Gasteiger partial charge in [0.05, 0.1) is 6.10 Å². The molecule has 0 aromatic heterocycles. The lowest BCUT2D eigenvalue weighted by molar-refractivity contribution is 0.199. The quantitative estimate of drug-likeness (QED) is 0.579. The van der Waals surface area contributed by atoms with E-state index in [-0.39, 0.29) is 6.10 Å². The van der Waals surface area contributed by atoms with Crippen LogP contribution >= 0.6 is 11.8 Å². The maximum atomic E-state index is 9.57. The summed E-state index contributed by atoms with van der Waals surface area (Å²) in [7, 11) is 0. The number of aliphatic hydroxyl groups is 1. The number of hydrogen-bond acceptors (Lipinski definition) is 2. The number of benzene rings is 2. The fraction of sp³-hybridized carbons (Fsp3) is 0.333. The highest BCUT2D eigenvalue weighted by atomic mass is 32.2. The van der Waals surface area contributed by atoms with Gasteiger partial charge in [-0.05, 0) is 55.2 Å². The Morgan fingerprint density at radius 3 is 2.55 bits per heavy atom. The van der Waals surface area contributed by atoms with Crippen LogP contribution in [0.3, 0.4) is 0 Å². The molecular weight excluding hydrogens is 264 g/mol. The lowest BCUT2D eigenvalue weighted by Gasteiger charge is -2.07. The van der Waals surface area contributed by atoms with Gasteiger partial charge in [0.25, 0.3) is 0 Å². The minimum atomic E-state index is -0.381. The van der Waals surface area contributed by atoms with Crippen LogP contribution in [0, 0.1) is 0 Å². The van der Waals surface area contributed by atoms with Gasteiger partial charge in [-0.25, -0.2) is 0 Å². The van der Waals surface area contributed by atoms with Crippen molar-refractivity contribution in [3.8, 4) is 0 Å². The van der Waals surface area contributed by atoms with E-state index in [9.17, 15) is 5.11 Å². The van der Waals surface area contributed by atoms with Crippen LogP contribution in [0.2, 0.25) is 0 Å². The summed E-state index contributed by atoms with van der Waals surface area (Å²) in [6.45, 7) is 1.81. The first-order chi connectivity index (χ1) is 9.75. The Balaban J connectivity index is 1.69. The summed E-state index contributed by atoms with van der Waals surface area (Å²) in [5.74, 6) is 1.14. The van der Waals surface area contributed by atoms with Gasteiger partial charge in [-0.2, -0.15) is 0 Å². The topological polar surface area (TPSA) is 20.2 Å². The van der Waals surface area contributed by atoms with Gasteiger partial charge in [-0.3, -0.25) is 0 Å². The third kappa shape index (κ3) is 5.03. The van der Waals surface area contributed by atoms with E-state index in [4.69, 9.17) is 0 Å². The molecule has 1 N–H and O–H groups in total. The van der Waals surface area contributed by atoms with Crippen molar-refractivity contribution < 1.29 is 5.11 Å². The van der Waals surface area contributed by atoms with Crippen molar-refractivity contribution in [2.45, 2.75) is 37.2 Å². The fourth-order valence-electron chi connectivity index (χ4n) is 2.13. The zero-order chi connectivity index (χ0) is 14.2. The Morgan fingerprint density at radius 1 is 1.00 bits per heavy atom. The predicted octanol–water partition coefficient (Wildman–Crippen LogP) is 4.85. The summed E-state index contributed by atoms with van der Waals surface area (Å²) in [6.07, 6.45) is 3.23. The molecule has 0 saturated carbocycles. The summed E-state index contributed by atoms with van der Waals surface area (Å²) in [5.41, 5.74) is 2.42. The van der Waals surface area contributed by atoms with Crippen LogP contribution in [-0.4, -0.2) is 10.9 Å². The highest BCUT2D eigenvalue weighted by Crippen LogP contribution is 2.23. The summed E-state index contributed by atoms with van der Waals surface area (Å²) < 4.78 is 0. The highest BCUT2D eigenvalue weighted by molar-refractivity contribution is 7.99. The first kappa shape index (κ1) is 15.1. The fourth-order valence-corrected chi connectivity index (χ4v) is 3.11. The smallest absolute Gasteiger partial charge is 0.0762 e. The standard InChI is InChI=1S/C18H22OS/c1-15(19)17-11-7-12-18(14-17)20-13-6-5-10-16-8-3-2-4-9-16/h2-4,7-9,11-12,14-15,19H,5-6,10,13H2,1H3. The molecule has 0 aliphatic rings. The van der Waals surface area contributed by atoms with Crippen LogP contribution in [0.4, 0.5) is 0 Å². The number of aryl methyl sites for hydroxylation is 1. The largest absolute Gasteiger partial charge is 0.389 e. The average molecular weight is 286 g/mol. The van der Waals surface area contributed by atoms with Crippen LogP contribution in [-0.2, 0) is 6.42 Å². The molecule has 0 amide bonds. The van der Waals surface area contributed by atoms with Crippen molar-refractivity contribution in [1.29, 1.82) is 0 Å². The lowest BCUT2D eigenvalue weighted by atomic mass is 10.1. The Hall–Kier alpha value is -1.25. The van der Waals surface area contributed by atoms with E-state index < -0.39 is 0 Å². The minimum Gasteiger partial charge on any atom is -0.389 e. The molecule has 0 bridgehead atoms. The molecule has 2 aromatic rings. The second-order valence-corrected chi connectivity index (χ2v) is 6.21. The molecule has 0 fully saturated rings. The lowest BCUT2D eigenvalue weighted by Crippen LogP contribution is -1.91. The first-order valence-corrected chi connectivity index (χ1v) is 8.19. The van der Waals surface area contributed by atoms with Gasteiger partial charge in [-0.15, -0.1) is 11.8 Å². The molecule has 0 radical (unpaired) electrons. The molecule has 106 valence electrons. The Bertz CT molecular complexity index is 508. The number of thioether (sulfide) groups is 1. The molecule has 2 rings (SSSR count). The van der Waals surface area contributed by atoms with Crippen LogP contribution in [0.1, 0.15) is 37.0 Å². The predicted molar refractivity (Wildman–Crippen MR) is 87.2 cm³/mol. The van der Waals surface area contributed by atoms with Gasteiger partial charge in [-0.1, -0.05) is 42.5 Å². The van der Waals surface area contributed by atoms with Gasteiger partial charge in [0, 0.05) is 4.90 Å². The molecule has 0 saturated heterocycles. The van der Waals surface area contributed by atoms with Crippen molar-refractivity contribution in [1.82, 2.24) is 0 Å². The van der Waals surface area contributed by atoms with Gasteiger partial charge >= 0.3 is 0 Å². The first-order valence-electron chi connectivity index (χ1n) is 7.20. The monoisotopic (exact) mass is 286 g/mol. The third-order valence-corrected chi connectivity index (χ3v) is 4.39. The molecule has 0 aliphatic heterocycles.